The molecule has 8 nitrogen and oxygen atoms in total. The number of thiazole rings is 3. The molecule has 3 aromatic rings. The van der Waals surface area contributed by atoms with Gasteiger partial charge in [-0.1, -0.05) is 0 Å². The highest BCUT2D eigenvalue weighted by Gasteiger charge is 2.22. The first-order valence-electron chi connectivity index (χ1n) is 7.82. The minimum Gasteiger partial charge on any atom is -0.358 e. The van der Waals surface area contributed by atoms with Crippen molar-refractivity contribution in [3.8, 4) is 0 Å². The molecule has 11 heteroatoms. The number of aromatic nitrogens is 3. The zero-order valence-corrected chi connectivity index (χ0v) is 17.2. The van der Waals surface area contributed by atoms with Gasteiger partial charge in [0.1, 0.15) is 0 Å². The Morgan fingerprint density at radius 1 is 0.885 bits per heavy atom. The zero-order valence-electron chi connectivity index (χ0n) is 14.7. The van der Waals surface area contributed by atoms with Crippen LogP contribution in [0.2, 0.25) is 0 Å². The van der Waals surface area contributed by atoms with Crippen LogP contribution in [0.25, 0.3) is 0 Å². The van der Waals surface area contributed by atoms with Crippen LogP contribution in [0.3, 0.4) is 0 Å². The van der Waals surface area contributed by atoms with E-state index < -0.39 is 4.92 Å². The highest BCUT2D eigenvalue weighted by atomic mass is 32.1. The molecule has 138 valence electrons. The number of rotatable bonds is 7. The fraction of sp³-hybridized carbons (Fsp3) is 0.400. The predicted molar refractivity (Wildman–Crippen MR) is 107 cm³/mol. The predicted octanol–water partition coefficient (Wildman–Crippen LogP) is 4.42. The minimum absolute atomic E-state index is 0.0108. The maximum absolute atomic E-state index is 11.3. The van der Waals surface area contributed by atoms with Gasteiger partial charge in [-0.3, -0.25) is 10.1 Å². The average Bonchev–Trinajstić information content (AvgIpc) is 3.20. The number of nitro groups is 1. The van der Waals surface area contributed by atoms with Gasteiger partial charge in [0.25, 0.3) is 0 Å². The third-order valence-electron chi connectivity index (χ3n) is 3.60. The highest BCUT2D eigenvalue weighted by molar-refractivity contribution is 7.19. The number of nitrogens with zero attached hydrogens (tertiary/aromatic N) is 4. The zero-order chi connectivity index (χ0) is 18.8. The van der Waals surface area contributed by atoms with Crippen LogP contribution >= 0.6 is 34.0 Å². The van der Waals surface area contributed by atoms with E-state index in [-0.39, 0.29) is 10.8 Å². The first kappa shape index (κ1) is 18.7. The maximum atomic E-state index is 11.3. The lowest BCUT2D eigenvalue weighted by atomic mass is 10.4. The molecule has 0 aliphatic heterocycles. The molecule has 2 N–H and O–H groups in total. The van der Waals surface area contributed by atoms with Gasteiger partial charge in [0.2, 0.25) is 5.82 Å². The molecule has 3 heterocycles. The summed E-state index contributed by atoms with van der Waals surface area (Å²) in [6.45, 7) is 8.80. The van der Waals surface area contributed by atoms with E-state index in [4.69, 9.17) is 0 Å². The molecule has 0 atom stereocenters. The third kappa shape index (κ3) is 4.17. The fourth-order valence-electron chi connectivity index (χ4n) is 2.43. The molecule has 0 spiro atoms. The van der Waals surface area contributed by atoms with Crippen molar-refractivity contribution in [1.82, 2.24) is 15.0 Å². The lowest BCUT2D eigenvalue weighted by Crippen LogP contribution is -2.04. The molecular formula is C15H18N6O2S3. The monoisotopic (exact) mass is 410 g/mol. The third-order valence-corrected chi connectivity index (χ3v) is 6.43. The Labute approximate surface area is 162 Å². The van der Waals surface area contributed by atoms with Gasteiger partial charge in [-0.25, -0.2) is 9.97 Å². The summed E-state index contributed by atoms with van der Waals surface area (Å²) in [5, 5.41) is 20.0. The largest absolute Gasteiger partial charge is 0.369 e. The van der Waals surface area contributed by atoms with E-state index in [1.54, 1.807) is 22.7 Å². The molecule has 0 fully saturated rings. The Morgan fingerprint density at radius 3 is 1.88 bits per heavy atom. The summed E-state index contributed by atoms with van der Waals surface area (Å²) in [5.41, 5.74) is 1.83. The summed E-state index contributed by atoms with van der Waals surface area (Å²) >= 11 is 4.26. The second-order valence-electron chi connectivity index (χ2n) is 5.61. The topological polar surface area (TPSA) is 106 Å². The van der Waals surface area contributed by atoms with E-state index in [1.807, 2.05) is 27.7 Å². The molecule has 3 rings (SSSR count). The maximum Gasteiger partial charge on any atom is 0.369 e. The highest BCUT2D eigenvalue weighted by Crippen LogP contribution is 2.35. The van der Waals surface area contributed by atoms with Crippen LogP contribution in [0.5, 0.6) is 0 Å². The van der Waals surface area contributed by atoms with E-state index in [0.717, 1.165) is 42.5 Å². The normalized spacial score (nSPS) is 10.9. The summed E-state index contributed by atoms with van der Waals surface area (Å²) in [7, 11) is 0. The lowest BCUT2D eigenvalue weighted by molar-refractivity contribution is -0.379. The Kier molecular flexibility index (Phi) is 5.49. The van der Waals surface area contributed by atoms with Gasteiger partial charge in [-0.2, -0.15) is 4.98 Å². The van der Waals surface area contributed by atoms with Gasteiger partial charge >= 0.3 is 5.00 Å². The molecule has 0 aliphatic carbocycles. The van der Waals surface area contributed by atoms with Gasteiger partial charge in [-0.05, 0) is 39.0 Å². The Bertz CT molecular complexity index is 945. The van der Waals surface area contributed by atoms with Gasteiger partial charge in [0.05, 0.1) is 39.4 Å². The molecule has 3 aromatic heterocycles. The van der Waals surface area contributed by atoms with Crippen molar-refractivity contribution < 1.29 is 4.92 Å². The summed E-state index contributed by atoms with van der Waals surface area (Å²) < 4.78 is 0. The Balaban J connectivity index is 1.72. The smallest absolute Gasteiger partial charge is 0.358 e. The van der Waals surface area contributed by atoms with Crippen molar-refractivity contribution >= 4 is 50.0 Å². The second kappa shape index (κ2) is 7.64. The van der Waals surface area contributed by atoms with E-state index in [1.165, 1.54) is 0 Å². The Hall–Kier alpha value is -2.11. The van der Waals surface area contributed by atoms with E-state index in [0.29, 0.717) is 18.2 Å². The molecule has 0 bridgehead atoms. The van der Waals surface area contributed by atoms with E-state index >= 15 is 0 Å². The van der Waals surface area contributed by atoms with Gasteiger partial charge in [-0.15, -0.1) is 22.7 Å². The fourth-order valence-corrected chi connectivity index (χ4v) is 4.85. The van der Waals surface area contributed by atoms with Crippen molar-refractivity contribution in [2.75, 3.05) is 10.6 Å². The lowest BCUT2D eigenvalue weighted by Gasteiger charge is -2.01. The van der Waals surface area contributed by atoms with Crippen LogP contribution in [0, 0.1) is 37.8 Å². The first-order valence-corrected chi connectivity index (χ1v) is 10.3. The van der Waals surface area contributed by atoms with Crippen molar-refractivity contribution in [3.63, 3.8) is 0 Å². The Morgan fingerprint density at radius 2 is 1.42 bits per heavy atom. The molecule has 0 unspecified atom stereocenters. The van der Waals surface area contributed by atoms with Crippen LogP contribution in [-0.2, 0) is 13.1 Å². The van der Waals surface area contributed by atoms with Gasteiger partial charge in [0.15, 0.2) is 5.13 Å². The molecule has 0 aromatic carbocycles. The van der Waals surface area contributed by atoms with Crippen molar-refractivity contribution in [1.29, 1.82) is 0 Å². The van der Waals surface area contributed by atoms with Crippen LogP contribution < -0.4 is 10.6 Å². The molecular weight excluding hydrogens is 392 g/mol. The first-order chi connectivity index (χ1) is 12.3. The van der Waals surface area contributed by atoms with Crippen molar-refractivity contribution in [3.05, 3.63) is 41.3 Å². The number of hydrogen-bond donors (Lipinski definition) is 2. The van der Waals surface area contributed by atoms with Gasteiger partial charge in [0, 0.05) is 9.75 Å². The van der Waals surface area contributed by atoms with Crippen molar-refractivity contribution in [2.24, 2.45) is 0 Å². The summed E-state index contributed by atoms with van der Waals surface area (Å²) in [4.78, 5) is 26.4. The quantitative estimate of drug-likeness (QED) is 0.438. The molecule has 0 amide bonds. The van der Waals surface area contributed by atoms with Crippen LogP contribution in [0.1, 0.15) is 31.2 Å². The minimum atomic E-state index is -0.414. The van der Waals surface area contributed by atoms with Crippen molar-refractivity contribution in [2.45, 2.75) is 40.8 Å². The summed E-state index contributed by atoms with van der Waals surface area (Å²) in [5.74, 6) is 0.263. The average molecular weight is 411 g/mol. The van der Waals surface area contributed by atoms with Crippen LogP contribution in [0.4, 0.5) is 16.0 Å². The number of aryl methyl sites for hydroxylation is 4. The van der Waals surface area contributed by atoms with Crippen LogP contribution in [-0.4, -0.2) is 19.9 Å². The second-order valence-corrected chi connectivity index (χ2v) is 9.40. The van der Waals surface area contributed by atoms with Gasteiger partial charge < -0.3 is 10.6 Å². The molecule has 0 aliphatic rings. The molecule has 0 saturated carbocycles. The van der Waals surface area contributed by atoms with E-state index in [9.17, 15) is 10.1 Å². The number of nitrogens with one attached hydrogen (secondary N) is 2. The SMILES string of the molecule is Cc1nc(CNc2nc(NCc3nc(C)sc3C)c([N+](=O)[O-])s2)c(C)s1. The molecule has 0 saturated heterocycles. The molecule has 0 radical (unpaired) electrons. The number of anilines is 2. The number of hydrogen-bond acceptors (Lipinski definition) is 10. The van der Waals surface area contributed by atoms with E-state index in [2.05, 4.69) is 25.6 Å². The standard InChI is InChI=1S/C15H18N6O2S3/c1-7-11(18-9(3)24-7)5-16-13-14(21(22)23)26-15(20-13)17-6-12-8(2)25-10(4)19-12/h16H,5-6H2,1-4H3,(H,17,20). The summed E-state index contributed by atoms with van der Waals surface area (Å²) in [6, 6.07) is 0. The van der Waals surface area contributed by atoms with Crippen LogP contribution in [0.15, 0.2) is 0 Å². The summed E-state index contributed by atoms with van der Waals surface area (Å²) in [6.07, 6.45) is 0. The molecule has 26 heavy (non-hydrogen) atoms.